The number of ether oxygens (including phenoxy) is 1. The van der Waals surface area contributed by atoms with Gasteiger partial charge in [0, 0.05) is 5.39 Å². The maximum atomic E-state index is 12.3. The molecule has 0 radical (unpaired) electrons. The topological polar surface area (TPSA) is 74.1 Å². The van der Waals surface area contributed by atoms with Gasteiger partial charge in [0.05, 0.1) is 35.7 Å². The van der Waals surface area contributed by atoms with Crippen LogP contribution >= 0.6 is 0 Å². The zero-order chi connectivity index (χ0) is 16.6. The van der Waals surface area contributed by atoms with Crippen molar-refractivity contribution in [1.82, 2.24) is 4.40 Å². The fraction of sp³-hybridized carbons (Fsp3) is 0.188. The van der Waals surface area contributed by atoms with Gasteiger partial charge in [-0.25, -0.2) is 4.79 Å². The van der Waals surface area contributed by atoms with Crippen LogP contribution in [0.3, 0.4) is 0 Å². The Hall–Kier alpha value is -2.54. The fourth-order valence-electron chi connectivity index (χ4n) is 2.56. The Morgan fingerprint density at radius 3 is 2.57 bits per heavy atom. The van der Waals surface area contributed by atoms with Gasteiger partial charge in [-0.2, -0.15) is 8.42 Å². The molecule has 0 atom stereocenters. The van der Waals surface area contributed by atoms with Crippen LogP contribution in [0.5, 0.6) is 5.75 Å². The maximum Gasteiger partial charge on any atom is 0.340 e. The smallest absolute Gasteiger partial charge is 0.340 e. The van der Waals surface area contributed by atoms with E-state index in [1.54, 1.807) is 23.6 Å². The van der Waals surface area contributed by atoms with Gasteiger partial charge in [-0.3, -0.25) is 0 Å². The number of nitrogens with zero attached hydrogens (tertiary/aromatic N) is 1. The quantitative estimate of drug-likeness (QED) is 0.542. The number of benzene rings is 1. The number of carbonyl (C=O) groups is 1. The lowest BCUT2D eigenvalue weighted by Gasteiger charge is -2.05. The Morgan fingerprint density at radius 2 is 1.87 bits per heavy atom. The van der Waals surface area contributed by atoms with Crippen LogP contribution in [0.15, 0.2) is 42.6 Å². The maximum absolute atomic E-state index is 12.3. The summed E-state index contributed by atoms with van der Waals surface area (Å²) in [6, 6.07) is 10.5. The van der Waals surface area contributed by atoms with Gasteiger partial charge >= 0.3 is 16.1 Å². The largest absolute Gasteiger partial charge is 0.462 e. The number of carbonyl (C=O) groups excluding carboxylic acids is 1. The van der Waals surface area contributed by atoms with E-state index in [0.717, 1.165) is 17.2 Å². The highest BCUT2D eigenvalue weighted by Gasteiger charge is 2.19. The molecule has 0 fully saturated rings. The standard InChI is InChI=1S/C16H15NO5S/c1-3-21-16(18)15-12-6-4-5-7-13(12)17-10-11(8-9-14(15)17)22-23(2,19)20/h4-10H,3H2,1-2H3. The summed E-state index contributed by atoms with van der Waals surface area (Å²) in [6.45, 7) is 2.02. The Bertz CT molecular complexity index is 1000. The van der Waals surface area contributed by atoms with Crippen molar-refractivity contribution in [3.8, 4) is 5.75 Å². The van der Waals surface area contributed by atoms with Crippen LogP contribution in [0.2, 0.25) is 0 Å². The van der Waals surface area contributed by atoms with Crippen LogP contribution in [0.25, 0.3) is 16.4 Å². The van der Waals surface area contributed by atoms with Crippen LogP contribution in [-0.4, -0.2) is 31.7 Å². The number of para-hydroxylation sites is 1. The fourth-order valence-corrected chi connectivity index (χ4v) is 3.01. The summed E-state index contributed by atoms with van der Waals surface area (Å²) in [4.78, 5) is 12.3. The molecule has 2 heterocycles. The van der Waals surface area contributed by atoms with Gasteiger partial charge in [-0.05, 0) is 25.1 Å². The predicted molar refractivity (Wildman–Crippen MR) is 86.3 cm³/mol. The molecule has 0 unspecified atom stereocenters. The molecule has 0 N–H and O–H groups in total. The van der Waals surface area contributed by atoms with Gasteiger partial charge in [0.1, 0.15) is 0 Å². The predicted octanol–water partition coefficient (Wildman–Crippen LogP) is 2.61. The number of rotatable bonds is 4. The molecule has 0 aliphatic heterocycles. The minimum absolute atomic E-state index is 0.177. The highest BCUT2D eigenvalue weighted by molar-refractivity contribution is 7.86. The monoisotopic (exact) mass is 333 g/mol. The molecule has 0 saturated heterocycles. The lowest BCUT2D eigenvalue weighted by molar-refractivity contribution is 0.0531. The van der Waals surface area contributed by atoms with Crippen molar-refractivity contribution in [1.29, 1.82) is 0 Å². The van der Waals surface area contributed by atoms with E-state index < -0.39 is 16.1 Å². The third-order valence-corrected chi connectivity index (χ3v) is 3.83. The zero-order valence-corrected chi connectivity index (χ0v) is 13.5. The first-order valence-electron chi connectivity index (χ1n) is 7.00. The van der Waals surface area contributed by atoms with E-state index in [1.807, 2.05) is 24.3 Å². The molecule has 3 rings (SSSR count). The van der Waals surface area contributed by atoms with Gasteiger partial charge in [0.15, 0.2) is 5.75 Å². The third-order valence-electron chi connectivity index (χ3n) is 3.34. The molecule has 0 aliphatic rings. The molecule has 120 valence electrons. The van der Waals surface area contributed by atoms with E-state index >= 15 is 0 Å². The minimum Gasteiger partial charge on any atom is -0.462 e. The Labute approximate surface area is 133 Å². The van der Waals surface area contributed by atoms with E-state index in [9.17, 15) is 13.2 Å². The van der Waals surface area contributed by atoms with Crippen LogP contribution in [0, 0.1) is 0 Å². The number of esters is 1. The van der Waals surface area contributed by atoms with Crippen molar-refractivity contribution in [3.63, 3.8) is 0 Å². The Morgan fingerprint density at radius 1 is 1.13 bits per heavy atom. The number of fused-ring (bicyclic) bond motifs is 3. The molecule has 0 saturated carbocycles. The van der Waals surface area contributed by atoms with Crippen molar-refractivity contribution in [2.24, 2.45) is 0 Å². The normalized spacial score (nSPS) is 11.7. The van der Waals surface area contributed by atoms with Gasteiger partial charge in [-0.1, -0.05) is 18.2 Å². The second-order valence-corrected chi connectivity index (χ2v) is 6.60. The van der Waals surface area contributed by atoms with E-state index in [4.69, 9.17) is 8.92 Å². The molecule has 7 heteroatoms. The first-order chi connectivity index (χ1) is 10.9. The average molecular weight is 333 g/mol. The van der Waals surface area contributed by atoms with Crippen LogP contribution in [-0.2, 0) is 14.9 Å². The van der Waals surface area contributed by atoms with Gasteiger partial charge in [0.25, 0.3) is 0 Å². The second kappa shape index (κ2) is 5.58. The highest BCUT2D eigenvalue weighted by atomic mass is 32.2. The van der Waals surface area contributed by atoms with Crippen molar-refractivity contribution in [3.05, 3.63) is 48.2 Å². The summed E-state index contributed by atoms with van der Waals surface area (Å²) in [6.07, 6.45) is 2.52. The molecule has 6 nitrogen and oxygen atoms in total. The lowest BCUT2D eigenvalue weighted by atomic mass is 10.1. The van der Waals surface area contributed by atoms with Gasteiger partial charge < -0.3 is 13.3 Å². The molecule has 23 heavy (non-hydrogen) atoms. The average Bonchev–Trinajstić information content (AvgIpc) is 2.80. The van der Waals surface area contributed by atoms with E-state index in [0.29, 0.717) is 11.1 Å². The number of pyridine rings is 1. The Kier molecular flexibility index (Phi) is 3.73. The molecular formula is C16H15NO5S. The molecule has 0 aliphatic carbocycles. The molecule has 3 aromatic rings. The van der Waals surface area contributed by atoms with Crippen molar-refractivity contribution >= 4 is 32.5 Å². The van der Waals surface area contributed by atoms with Crippen molar-refractivity contribution in [2.45, 2.75) is 6.92 Å². The highest BCUT2D eigenvalue weighted by Crippen LogP contribution is 2.29. The Balaban J connectivity index is 2.28. The molecule has 1 aromatic carbocycles. The first kappa shape index (κ1) is 15.4. The summed E-state index contributed by atoms with van der Waals surface area (Å²) in [5.41, 5.74) is 1.85. The van der Waals surface area contributed by atoms with E-state index in [-0.39, 0.29) is 12.4 Å². The van der Waals surface area contributed by atoms with Gasteiger partial charge in [-0.15, -0.1) is 0 Å². The van der Waals surface area contributed by atoms with Crippen LogP contribution in [0.4, 0.5) is 0 Å². The minimum atomic E-state index is -3.62. The molecule has 0 amide bonds. The zero-order valence-electron chi connectivity index (χ0n) is 12.6. The lowest BCUT2D eigenvalue weighted by Crippen LogP contribution is -2.07. The molecule has 0 spiro atoms. The summed E-state index contributed by atoms with van der Waals surface area (Å²) in [5.74, 6) is -0.237. The SMILES string of the molecule is CCOC(=O)c1c2ccccc2n2cc(OS(C)(=O)=O)ccc12. The van der Waals surface area contributed by atoms with Crippen LogP contribution in [0.1, 0.15) is 17.3 Å². The van der Waals surface area contributed by atoms with Crippen molar-refractivity contribution < 1.29 is 22.1 Å². The third kappa shape index (κ3) is 2.87. The van der Waals surface area contributed by atoms with Crippen molar-refractivity contribution in [2.75, 3.05) is 12.9 Å². The molecule has 2 aromatic heterocycles. The second-order valence-electron chi connectivity index (χ2n) is 5.02. The first-order valence-corrected chi connectivity index (χ1v) is 8.82. The summed E-state index contributed by atoms with van der Waals surface area (Å²) >= 11 is 0. The number of hydrogen-bond donors (Lipinski definition) is 0. The molecular weight excluding hydrogens is 318 g/mol. The number of aromatic nitrogens is 1. The van der Waals surface area contributed by atoms with Crippen LogP contribution < -0.4 is 4.18 Å². The van der Waals surface area contributed by atoms with E-state index in [1.165, 1.54) is 6.07 Å². The van der Waals surface area contributed by atoms with Gasteiger partial charge in [0.2, 0.25) is 0 Å². The molecule has 0 bridgehead atoms. The summed E-state index contributed by atoms with van der Waals surface area (Å²) in [7, 11) is -3.62. The van der Waals surface area contributed by atoms with E-state index in [2.05, 4.69) is 0 Å². The summed E-state index contributed by atoms with van der Waals surface area (Å²) < 4.78 is 34.4. The number of hydrogen-bond acceptors (Lipinski definition) is 5. The summed E-state index contributed by atoms with van der Waals surface area (Å²) in [5, 5.41) is 0.738.